The number of amides is 1. The maximum Gasteiger partial charge on any atom is 0.416 e. The largest absolute Gasteiger partial charge is 0.481 e. The summed E-state index contributed by atoms with van der Waals surface area (Å²) in [5.74, 6) is -1.57. The van der Waals surface area contributed by atoms with E-state index in [1.165, 1.54) is 30.3 Å². The van der Waals surface area contributed by atoms with Gasteiger partial charge in [-0.3, -0.25) is 9.59 Å². The van der Waals surface area contributed by atoms with Gasteiger partial charge in [0.15, 0.2) is 5.76 Å². The van der Waals surface area contributed by atoms with Gasteiger partial charge in [-0.05, 0) is 42.0 Å². The maximum absolute atomic E-state index is 12.8. The number of anilines is 1. The lowest BCUT2D eigenvalue weighted by Gasteiger charge is -2.07. The first kappa shape index (κ1) is 19.2. The summed E-state index contributed by atoms with van der Waals surface area (Å²) < 4.78 is 43.9. The van der Waals surface area contributed by atoms with E-state index in [0.717, 1.165) is 12.1 Å². The highest BCUT2D eigenvalue weighted by Crippen LogP contribution is 2.32. The predicted octanol–water partition coefficient (Wildman–Crippen LogP) is 4.84. The van der Waals surface area contributed by atoms with Crippen LogP contribution in [0.25, 0.3) is 11.3 Å². The van der Waals surface area contributed by atoms with Crippen LogP contribution < -0.4 is 5.32 Å². The van der Waals surface area contributed by atoms with Gasteiger partial charge in [0.05, 0.1) is 12.0 Å². The molecule has 0 fully saturated rings. The molecule has 28 heavy (non-hydrogen) atoms. The minimum Gasteiger partial charge on any atom is -0.481 e. The number of carboxylic acids is 1. The summed E-state index contributed by atoms with van der Waals surface area (Å²) >= 11 is 0. The van der Waals surface area contributed by atoms with E-state index >= 15 is 0 Å². The predicted molar refractivity (Wildman–Crippen MR) is 94.9 cm³/mol. The van der Waals surface area contributed by atoms with Gasteiger partial charge in [0.25, 0.3) is 5.91 Å². The van der Waals surface area contributed by atoms with Crippen molar-refractivity contribution in [3.63, 3.8) is 0 Å². The molecule has 0 bridgehead atoms. The number of carbonyl (C=O) groups excluding carboxylic acids is 1. The van der Waals surface area contributed by atoms with Crippen molar-refractivity contribution in [1.82, 2.24) is 0 Å². The monoisotopic (exact) mass is 389 g/mol. The summed E-state index contributed by atoms with van der Waals surface area (Å²) in [6.07, 6.45) is -4.67. The van der Waals surface area contributed by atoms with Gasteiger partial charge >= 0.3 is 12.1 Å². The van der Waals surface area contributed by atoms with Crippen LogP contribution in [-0.2, 0) is 17.4 Å². The standard InChI is InChI=1S/C20H14F3NO4/c21-20(22,23)14-5-2-4-13(11-14)16-7-8-17(28-16)19(27)24-15-6-1-3-12(9-15)10-18(25)26/h1-9,11H,10H2,(H,24,27)(H,25,26). The van der Waals surface area contributed by atoms with Crippen LogP contribution >= 0.6 is 0 Å². The third-order valence-corrected chi connectivity index (χ3v) is 3.84. The van der Waals surface area contributed by atoms with Gasteiger partial charge in [-0.1, -0.05) is 24.3 Å². The molecule has 2 N–H and O–H groups in total. The minimum atomic E-state index is -4.48. The fourth-order valence-corrected chi connectivity index (χ4v) is 2.59. The summed E-state index contributed by atoms with van der Waals surface area (Å²) in [5.41, 5.74) is 0.259. The van der Waals surface area contributed by atoms with E-state index in [-0.39, 0.29) is 23.5 Å². The Hall–Kier alpha value is -3.55. The van der Waals surface area contributed by atoms with Crippen LogP contribution in [-0.4, -0.2) is 17.0 Å². The molecule has 0 aliphatic rings. The van der Waals surface area contributed by atoms with E-state index in [1.807, 2.05) is 0 Å². The first-order chi connectivity index (χ1) is 13.2. The number of halogens is 3. The third-order valence-electron chi connectivity index (χ3n) is 3.84. The molecule has 1 amide bonds. The van der Waals surface area contributed by atoms with Crippen LogP contribution in [0.15, 0.2) is 65.1 Å². The van der Waals surface area contributed by atoms with Crippen LogP contribution in [0.2, 0.25) is 0 Å². The molecule has 0 radical (unpaired) electrons. The van der Waals surface area contributed by atoms with Crippen LogP contribution in [0.1, 0.15) is 21.7 Å². The van der Waals surface area contributed by atoms with Crippen LogP contribution in [0, 0.1) is 0 Å². The molecule has 8 heteroatoms. The number of furan rings is 1. The van der Waals surface area contributed by atoms with E-state index in [9.17, 15) is 22.8 Å². The maximum atomic E-state index is 12.8. The number of benzene rings is 2. The lowest BCUT2D eigenvalue weighted by molar-refractivity contribution is -0.138. The fraction of sp³-hybridized carbons (Fsp3) is 0.100. The number of hydrogen-bond donors (Lipinski definition) is 2. The Morgan fingerprint density at radius 1 is 1.00 bits per heavy atom. The number of nitrogens with one attached hydrogen (secondary N) is 1. The van der Waals surface area contributed by atoms with Gasteiger partial charge < -0.3 is 14.8 Å². The number of carbonyl (C=O) groups is 2. The lowest BCUT2D eigenvalue weighted by Crippen LogP contribution is -2.11. The Morgan fingerprint density at radius 2 is 1.75 bits per heavy atom. The number of alkyl halides is 3. The Labute approximate surface area is 157 Å². The Bertz CT molecular complexity index is 1020. The molecule has 2 aromatic carbocycles. The van der Waals surface area contributed by atoms with Crippen molar-refractivity contribution < 1.29 is 32.3 Å². The summed E-state index contributed by atoms with van der Waals surface area (Å²) in [4.78, 5) is 23.1. The lowest BCUT2D eigenvalue weighted by atomic mass is 10.1. The minimum absolute atomic E-state index is 0.0870. The first-order valence-electron chi connectivity index (χ1n) is 8.12. The molecule has 0 unspecified atom stereocenters. The van der Waals surface area contributed by atoms with Crippen molar-refractivity contribution in [3.8, 4) is 11.3 Å². The smallest absolute Gasteiger partial charge is 0.416 e. The van der Waals surface area contributed by atoms with Crippen molar-refractivity contribution in [1.29, 1.82) is 0 Å². The van der Waals surface area contributed by atoms with Crippen molar-refractivity contribution >= 4 is 17.6 Å². The molecule has 1 heterocycles. The van der Waals surface area contributed by atoms with Crippen LogP contribution in [0.4, 0.5) is 18.9 Å². The summed E-state index contributed by atoms with van der Waals surface area (Å²) in [7, 11) is 0. The molecular weight excluding hydrogens is 375 g/mol. The first-order valence-corrected chi connectivity index (χ1v) is 8.12. The third kappa shape index (κ3) is 4.59. The van der Waals surface area contributed by atoms with Crippen LogP contribution in [0.3, 0.4) is 0 Å². The van der Waals surface area contributed by atoms with E-state index in [0.29, 0.717) is 11.3 Å². The molecule has 0 atom stereocenters. The van der Waals surface area contributed by atoms with Gasteiger partial charge in [0.2, 0.25) is 0 Å². The molecule has 1 aromatic heterocycles. The van der Waals surface area contributed by atoms with E-state index < -0.39 is 23.6 Å². The summed E-state index contributed by atoms with van der Waals surface area (Å²) in [5, 5.41) is 11.4. The quantitative estimate of drug-likeness (QED) is 0.654. The number of carboxylic acid groups (broad SMARTS) is 1. The molecule has 0 aliphatic heterocycles. The summed E-state index contributed by atoms with van der Waals surface area (Å²) in [6, 6.07) is 13.7. The number of hydrogen-bond acceptors (Lipinski definition) is 3. The van der Waals surface area contributed by atoms with Crippen molar-refractivity contribution in [2.75, 3.05) is 5.32 Å². The van der Waals surface area contributed by atoms with E-state index in [2.05, 4.69) is 5.32 Å². The average Bonchev–Trinajstić information content (AvgIpc) is 3.11. The van der Waals surface area contributed by atoms with Crippen molar-refractivity contribution in [3.05, 3.63) is 77.6 Å². The molecule has 144 valence electrons. The molecular formula is C20H14F3NO4. The zero-order valence-corrected chi connectivity index (χ0v) is 14.3. The topological polar surface area (TPSA) is 79.5 Å². The van der Waals surface area contributed by atoms with E-state index in [1.54, 1.807) is 18.2 Å². The fourth-order valence-electron chi connectivity index (χ4n) is 2.59. The Morgan fingerprint density at radius 3 is 2.46 bits per heavy atom. The Kier molecular flexibility index (Phi) is 5.21. The molecule has 5 nitrogen and oxygen atoms in total. The number of rotatable bonds is 5. The second kappa shape index (κ2) is 7.59. The number of aliphatic carboxylic acids is 1. The SMILES string of the molecule is O=C(O)Cc1cccc(NC(=O)c2ccc(-c3cccc(C(F)(F)F)c3)o2)c1. The van der Waals surface area contributed by atoms with Gasteiger partial charge in [-0.15, -0.1) is 0 Å². The highest BCUT2D eigenvalue weighted by atomic mass is 19.4. The van der Waals surface area contributed by atoms with Crippen LogP contribution in [0.5, 0.6) is 0 Å². The zero-order valence-electron chi connectivity index (χ0n) is 14.3. The van der Waals surface area contributed by atoms with Crippen molar-refractivity contribution in [2.45, 2.75) is 12.6 Å². The molecule has 0 spiro atoms. The molecule has 3 aromatic rings. The molecule has 0 saturated carbocycles. The zero-order chi connectivity index (χ0) is 20.3. The average molecular weight is 389 g/mol. The Balaban J connectivity index is 1.77. The van der Waals surface area contributed by atoms with Gasteiger partial charge in [0.1, 0.15) is 5.76 Å². The van der Waals surface area contributed by atoms with Crippen molar-refractivity contribution in [2.24, 2.45) is 0 Å². The molecule has 3 rings (SSSR count). The normalized spacial score (nSPS) is 11.2. The molecule has 0 saturated heterocycles. The highest BCUT2D eigenvalue weighted by molar-refractivity contribution is 6.02. The van der Waals surface area contributed by atoms with Gasteiger partial charge in [0, 0.05) is 11.3 Å². The van der Waals surface area contributed by atoms with E-state index in [4.69, 9.17) is 9.52 Å². The molecule has 0 aliphatic carbocycles. The summed E-state index contributed by atoms with van der Waals surface area (Å²) in [6.45, 7) is 0. The second-order valence-corrected chi connectivity index (χ2v) is 5.97. The van der Waals surface area contributed by atoms with Gasteiger partial charge in [-0.25, -0.2) is 0 Å². The van der Waals surface area contributed by atoms with Gasteiger partial charge in [-0.2, -0.15) is 13.2 Å². The highest BCUT2D eigenvalue weighted by Gasteiger charge is 2.30. The second-order valence-electron chi connectivity index (χ2n) is 5.97.